The van der Waals surface area contributed by atoms with Gasteiger partial charge in [-0.15, -0.1) is 0 Å². The second kappa shape index (κ2) is 4.14. The van der Waals surface area contributed by atoms with Crippen LogP contribution in [0.15, 0.2) is 30.3 Å². The van der Waals surface area contributed by atoms with Crippen molar-refractivity contribution >= 4 is 21.0 Å². The molecule has 0 bridgehead atoms. The molecule has 0 aliphatic rings. The standard InChI is InChI=1S/C6H7BO2.B/c8-7(9)6-4-2-1-3-5-6;/h1-5,8-9H;. The van der Waals surface area contributed by atoms with E-state index in [1.54, 1.807) is 24.3 Å². The maximum Gasteiger partial charge on any atom is 0.488 e. The molecule has 0 heterocycles. The summed E-state index contributed by atoms with van der Waals surface area (Å²) in [5.74, 6) is 0. The molecule has 0 amide bonds. The number of benzene rings is 1. The summed E-state index contributed by atoms with van der Waals surface area (Å²) in [6, 6.07) is 8.66. The van der Waals surface area contributed by atoms with Crippen LogP contribution in [0.25, 0.3) is 0 Å². The lowest BCUT2D eigenvalue weighted by atomic mass is 9.81. The second-order valence-corrected chi connectivity index (χ2v) is 1.78. The Morgan fingerprint density at radius 1 is 1.00 bits per heavy atom. The third-order valence-electron chi connectivity index (χ3n) is 1.10. The summed E-state index contributed by atoms with van der Waals surface area (Å²) in [5, 5.41) is 17.2. The Morgan fingerprint density at radius 2 is 1.50 bits per heavy atom. The van der Waals surface area contributed by atoms with Crippen LogP contribution in [-0.4, -0.2) is 25.6 Å². The van der Waals surface area contributed by atoms with E-state index in [0.717, 1.165) is 0 Å². The van der Waals surface area contributed by atoms with E-state index in [2.05, 4.69) is 0 Å². The van der Waals surface area contributed by atoms with Gasteiger partial charge in [0.1, 0.15) is 0 Å². The lowest BCUT2D eigenvalue weighted by Crippen LogP contribution is -2.29. The Bertz CT molecular complexity index is 176. The molecule has 49 valence electrons. The van der Waals surface area contributed by atoms with Gasteiger partial charge in [-0.1, -0.05) is 30.3 Å². The zero-order valence-electron chi connectivity index (χ0n) is 5.44. The summed E-state index contributed by atoms with van der Waals surface area (Å²) in [7, 11) is -1.34. The summed E-state index contributed by atoms with van der Waals surface area (Å²) in [4.78, 5) is 0. The van der Waals surface area contributed by atoms with E-state index in [1.165, 1.54) is 0 Å². The largest absolute Gasteiger partial charge is 0.488 e. The Kier molecular flexibility index (Phi) is 3.84. The monoisotopic (exact) mass is 133 g/mol. The molecule has 0 aliphatic heterocycles. The fourth-order valence-electron chi connectivity index (χ4n) is 0.625. The molecule has 1 rings (SSSR count). The SMILES string of the molecule is OB(O)c1ccccc1.[B]. The van der Waals surface area contributed by atoms with Crippen molar-refractivity contribution in [2.45, 2.75) is 0 Å². The lowest BCUT2D eigenvalue weighted by Gasteiger charge is -1.94. The van der Waals surface area contributed by atoms with Gasteiger partial charge in [0.2, 0.25) is 0 Å². The predicted octanol–water partition coefficient (Wildman–Crippen LogP) is -1.01. The summed E-state index contributed by atoms with van der Waals surface area (Å²) in [5.41, 5.74) is 0.525. The first-order valence-corrected chi connectivity index (χ1v) is 2.72. The third-order valence-corrected chi connectivity index (χ3v) is 1.10. The van der Waals surface area contributed by atoms with Crippen LogP contribution in [0.2, 0.25) is 0 Å². The van der Waals surface area contributed by atoms with E-state index in [-0.39, 0.29) is 8.41 Å². The molecule has 2 nitrogen and oxygen atoms in total. The van der Waals surface area contributed by atoms with Crippen LogP contribution in [0.5, 0.6) is 0 Å². The summed E-state index contributed by atoms with van der Waals surface area (Å²) in [6.45, 7) is 0. The van der Waals surface area contributed by atoms with Gasteiger partial charge in [0, 0.05) is 8.41 Å². The molecule has 4 heteroatoms. The molecule has 0 unspecified atom stereocenters. The van der Waals surface area contributed by atoms with Crippen molar-refractivity contribution in [3.05, 3.63) is 30.3 Å². The Morgan fingerprint density at radius 3 is 1.80 bits per heavy atom. The van der Waals surface area contributed by atoms with Gasteiger partial charge >= 0.3 is 7.12 Å². The Balaban J connectivity index is 0.000000810. The highest BCUT2D eigenvalue weighted by molar-refractivity contribution is 6.58. The Labute approximate surface area is 62.2 Å². The maximum absolute atomic E-state index is 8.58. The number of rotatable bonds is 1. The molecule has 2 N–H and O–H groups in total. The van der Waals surface area contributed by atoms with Gasteiger partial charge in [0.15, 0.2) is 0 Å². The van der Waals surface area contributed by atoms with Gasteiger partial charge in [-0.05, 0) is 5.46 Å². The van der Waals surface area contributed by atoms with E-state index in [4.69, 9.17) is 10.0 Å². The average Bonchev–Trinajstić information content (AvgIpc) is 1.90. The molecule has 0 saturated carbocycles. The Hall–Kier alpha value is -0.730. The smallest absolute Gasteiger partial charge is 0.423 e. The van der Waals surface area contributed by atoms with E-state index in [1.807, 2.05) is 6.07 Å². The van der Waals surface area contributed by atoms with Crippen molar-refractivity contribution in [1.82, 2.24) is 0 Å². The molecule has 0 spiro atoms. The first kappa shape index (κ1) is 9.27. The summed E-state index contributed by atoms with van der Waals surface area (Å²) < 4.78 is 0. The quantitative estimate of drug-likeness (QED) is 0.481. The van der Waals surface area contributed by atoms with Crippen LogP contribution in [-0.2, 0) is 0 Å². The summed E-state index contributed by atoms with van der Waals surface area (Å²) in [6.07, 6.45) is 0. The molecule has 0 saturated heterocycles. The van der Waals surface area contributed by atoms with Crippen molar-refractivity contribution in [1.29, 1.82) is 0 Å². The molecule has 1 aromatic rings. The zero-order valence-corrected chi connectivity index (χ0v) is 5.44. The first-order valence-electron chi connectivity index (χ1n) is 2.72. The van der Waals surface area contributed by atoms with Crippen LogP contribution in [0.1, 0.15) is 0 Å². The molecular formula is C6H7B2O2. The molecule has 1 aromatic carbocycles. The minimum atomic E-state index is -1.34. The topological polar surface area (TPSA) is 40.5 Å². The lowest BCUT2D eigenvalue weighted by molar-refractivity contribution is 0.426. The number of hydrogen-bond donors (Lipinski definition) is 2. The van der Waals surface area contributed by atoms with Crippen LogP contribution >= 0.6 is 0 Å². The minimum absolute atomic E-state index is 0. The highest BCUT2D eigenvalue weighted by Gasteiger charge is 2.07. The van der Waals surface area contributed by atoms with Crippen molar-refractivity contribution in [2.24, 2.45) is 0 Å². The highest BCUT2D eigenvalue weighted by Crippen LogP contribution is 1.82. The van der Waals surface area contributed by atoms with Crippen molar-refractivity contribution in [2.75, 3.05) is 0 Å². The molecule has 0 aromatic heterocycles. The van der Waals surface area contributed by atoms with Crippen LogP contribution in [0.4, 0.5) is 0 Å². The molecule has 0 atom stereocenters. The van der Waals surface area contributed by atoms with E-state index in [9.17, 15) is 0 Å². The minimum Gasteiger partial charge on any atom is -0.423 e. The second-order valence-electron chi connectivity index (χ2n) is 1.78. The molecule has 10 heavy (non-hydrogen) atoms. The average molecular weight is 133 g/mol. The van der Waals surface area contributed by atoms with Gasteiger partial charge in [0.25, 0.3) is 0 Å². The molecule has 0 fully saturated rings. The van der Waals surface area contributed by atoms with Gasteiger partial charge in [-0.3, -0.25) is 0 Å². The zero-order chi connectivity index (χ0) is 6.69. The fraction of sp³-hybridized carbons (Fsp3) is 0. The van der Waals surface area contributed by atoms with E-state index >= 15 is 0 Å². The predicted molar refractivity (Wildman–Crippen MR) is 42.0 cm³/mol. The maximum atomic E-state index is 8.58. The van der Waals surface area contributed by atoms with Crippen LogP contribution in [0.3, 0.4) is 0 Å². The number of hydrogen-bond acceptors (Lipinski definition) is 2. The molecule has 0 aliphatic carbocycles. The summed E-state index contributed by atoms with van der Waals surface area (Å²) >= 11 is 0. The van der Waals surface area contributed by atoms with Gasteiger partial charge in [-0.2, -0.15) is 0 Å². The van der Waals surface area contributed by atoms with Crippen LogP contribution in [0, 0.1) is 0 Å². The molecule has 3 radical (unpaired) electrons. The van der Waals surface area contributed by atoms with Crippen molar-refractivity contribution in [3.63, 3.8) is 0 Å². The third kappa shape index (κ3) is 2.25. The molecular weight excluding hydrogens is 126 g/mol. The van der Waals surface area contributed by atoms with Crippen molar-refractivity contribution < 1.29 is 10.0 Å². The normalized spacial score (nSPS) is 8.20. The van der Waals surface area contributed by atoms with E-state index < -0.39 is 7.12 Å². The van der Waals surface area contributed by atoms with Crippen molar-refractivity contribution in [3.8, 4) is 0 Å². The highest BCUT2D eigenvalue weighted by atomic mass is 16.4. The van der Waals surface area contributed by atoms with Gasteiger partial charge in [0.05, 0.1) is 0 Å². The first-order chi connectivity index (χ1) is 4.30. The van der Waals surface area contributed by atoms with Gasteiger partial charge < -0.3 is 10.0 Å². The fourth-order valence-corrected chi connectivity index (χ4v) is 0.625. The van der Waals surface area contributed by atoms with E-state index in [0.29, 0.717) is 5.46 Å². The van der Waals surface area contributed by atoms with Gasteiger partial charge in [-0.25, -0.2) is 0 Å². The van der Waals surface area contributed by atoms with Crippen LogP contribution < -0.4 is 5.46 Å².